The normalized spacial score (nSPS) is 26.4. The van der Waals surface area contributed by atoms with Crippen LogP contribution in [0.1, 0.15) is 26.7 Å². The minimum Gasteiger partial charge on any atom is -0.376 e. The minimum absolute atomic E-state index is 0.234. The van der Waals surface area contributed by atoms with Crippen molar-refractivity contribution in [3.8, 4) is 0 Å². The zero-order chi connectivity index (χ0) is 11.1. The van der Waals surface area contributed by atoms with Gasteiger partial charge in [0.1, 0.15) is 0 Å². The van der Waals surface area contributed by atoms with E-state index in [0.717, 1.165) is 12.8 Å². The van der Waals surface area contributed by atoms with Gasteiger partial charge in [0.2, 0.25) is 0 Å². The Hall–Kier alpha value is -0.160. The quantitative estimate of drug-likeness (QED) is 0.645. The molecule has 0 saturated carbocycles. The van der Waals surface area contributed by atoms with E-state index in [-0.39, 0.29) is 18.3 Å². The number of ether oxygens (including phenoxy) is 3. The van der Waals surface area contributed by atoms with Crippen LogP contribution in [0.25, 0.3) is 0 Å². The lowest BCUT2D eigenvalue weighted by Gasteiger charge is -2.13. The second-order valence-electron chi connectivity index (χ2n) is 4.19. The summed E-state index contributed by atoms with van der Waals surface area (Å²) in [5.74, 6) is 0. The van der Waals surface area contributed by atoms with E-state index in [1.165, 1.54) is 0 Å². The Bertz CT molecular complexity index is 164. The summed E-state index contributed by atoms with van der Waals surface area (Å²) < 4.78 is 16.5. The molecule has 2 unspecified atom stereocenters. The topological polar surface area (TPSA) is 53.7 Å². The Morgan fingerprint density at radius 2 is 2.00 bits per heavy atom. The van der Waals surface area contributed by atoms with E-state index >= 15 is 0 Å². The summed E-state index contributed by atoms with van der Waals surface area (Å²) in [5, 5.41) is 0. The highest BCUT2D eigenvalue weighted by Crippen LogP contribution is 2.18. The Labute approximate surface area is 92.1 Å². The fourth-order valence-corrected chi connectivity index (χ4v) is 1.63. The monoisotopic (exact) mass is 217 g/mol. The lowest BCUT2D eigenvalue weighted by molar-refractivity contribution is -0.0336. The van der Waals surface area contributed by atoms with Crippen LogP contribution >= 0.6 is 0 Å². The van der Waals surface area contributed by atoms with E-state index in [9.17, 15) is 0 Å². The third kappa shape index (κ3) is 5.47. The summed E-state index contributed by atoms with van der Waals surface area (Å²) in [6.07, 6.45) is 2.88. The van der Waals surface area contributed by atoms with Gasteiger partial charge in [-0.2, -0.15) is 0 Å². The molecule has 2 N–H and O–H groups in total. The third-order valence-electron chi connectivity index (χ3n) is 2.44. The van der Waals surface area contributed by atoms with E-state index in [1.807, 2.05) is 13.8 Å². The molecule has 0 spiro atoms. The van der Waals surface area contributed by atoms with Crippen molar-refractivity contribution >= 4 is 0 Å². The summed E-state index contributed by atoms with van der Waals surface area (Å²) in [4.78, 5) is 0. The molecule has 0 bridgehead atoms. The molecule has 1 rings (SSSR count). The van der Waals surface area contributed by atoms with Gasteiger partial charge >= 0.3 is 0 Å². The molecule has 15 heavy (non-hydrogen) atoms. The molecule has 0 aromatic rings. The van der Waals surface area contributed by atoms with Crippen molar-refractivity contribution in [2.45, 2.75) is 45.0 Å². The SMILES string of the molecule is CC(C)OCCOCC1CCC(CN)O1. The largest absolute Gasteiger partial charge is 0.376 e. The smallest absolute Gasteiger partial charge is 0.0813 e. The fourth-order valence-electron chi connectivity index (χ4n) is 1.63. The molecule has 4 nitrogen and oxygen atoms in total. The molecular weight excluding hydrogens is 194 g/mol. The average Bonchev–Trinajstić information content (AvgIpc) is 2.65. The summed E-state index contributed by atoms with van der Waals surface area (Å²) in [6.45, 7) is 6.62. The standard InChI is InChI=1S/C11H23NO3/c1-9(2)14-6-5-13-8-11-4-3-10(7-12)15-11/h9-11H,3-8,12H2,1-2H3. The molecule has 0 aromatic carbocycles. The molecule has 0 aromatic heterocycles. The molecule has 90 valence electrons. The fraction of sp³-hybridized carbons (Fsp3) is 1.00. The summed E-state index contributed by atoms with van der Waals surface area (Å²) in [6, 6.07) is 0. The van der Waals surface area contributed by atoms with E-state index in [2.05, 4.69) is 0 Å². The van der Waals surface area contributed by atoms with Crippen molar-refractivity contribution in [1.82, 2.24) is 0 Å². The molecule has 1 fully saturated rings. The third-order valence-corrected chi connectivity index (χ3v) is 2.44. The van der Waals surface area contributed by atoms with Gasteiger partial charge in [-0.25, -0.2) is 0 Å². The van der Waals surface area contributed by atoms with Gasteiger partial charge in [-0.3, -0.25) is 0 Å². The van der Waals surface area contributed by atoms with Gasteiger partial charge in [-0.05, 0) is 26.7 Å². The van der Waals surface area contributed by atoms with Crippen molar-refractivity contribution in [2.75, 3.05) is 26.4 Å². The van der Waals surface area contributed by atoms with Gasteiger partial charge < -0.3 is 19.9 Å². The molecule has 0 radical (unpaired) electrons. The lowest BCUT2D eigenvalue weighted by atomic mass is 10.2. The molecule has 1 aliphatic heterocycles. The lowest BCUT2D eigenvalue weighted by Crippen LogP contribution is -2.23. The Morgan fingerprint density at radius 3 is 2.60 bits per heavy atom. The highest BCUT2D eigenvalue weighted by Gasteiger charge is 2.23. The first kappa shape index (κ1) is 12.9. The number of hydrogen-bond acceptors (Lipinski definition) is 4. The highest BCUT2D eigenvalue weighted by atomic mass is 16.6. The molecule has 0 aliphatic carbocycles. The van der Waals surface area contributed by atoms with Crippen LogP contribution in [0, 0.1) is 0 Å². The maximum Gasteiger partial charge on any atom is 0.0813 e. The van der Waals surface area contributed by atoms with Crippen molar-refractivity contribution < 1.29 is 14.2 Å². The van der Waals surface area contributed by atoms with Crippen LogP contribution in [-0.4, -0.2) is 44.7 Å². The van der Waals surface area contributed by atoms with Crippen LogP contribution < -0.4 is 5.73 Å². The first-order chi connectivity index (χ1) is 7.22. The second-order valence-corrected chi connectivity index (χ2v) is 4.19. The van der Waals surface area contributed by atoms with Crippen LogP contribution in [-0.2, 0) is 14.2 Å². The Balaban J connectivity index is 1.92. The van der Waals surface area contributed by atoms with E-state index in [1.54, 1.807) is 0 Å². The van der Waals surface area contributed by atoms with E-state index in [0.29, 0.717) is 26.4 Å². The van der Waals surface area contributed by atoms with Crippen LogP contribution in [0.4, 0.5) is 0 Å². The van der Waals surface area contributed by atoms with Gasteiger partial charge in [-0.15, -0.1) is 0 Å². The van der Waals surface area contributed by atoms with Crippen molar-refractivity contribution in [1.29, 1.82) is 0 Å². The predicted octanol–water partition coefficient (Wildman–Crippen LogP) is 0.934. The highest BCUT2D eigenvalue weighted by molar-refractivity contribution is 4.73. The molecular formula is C11H23NO3. The van der Waals surface area contributed by atoms with Gasteiger partial charge in [-0.1, -0.05) is 0 Å². The van der Waals surface area contributed by atoms with E-state index < -0.39 is 0 Å². The van der Waals surface area contributed by atoms with Crippen molar-refractivity contribution in [2.24, 2.45) is 5.73 Å². The zero-order valence-corrected chi connectivity index (χ0v) is 9.78. The van der Waals surface area contributed by atoms with Gasteiger partial charge in [0, 0.05) is 6.54 Å². The number of nitrogens with two attached hydrogens (primary N) is 1. The summed E-state index contributed by atoms with van der Waals surface area (Å²) in [7, 11) is 0. The van der Waals surface area contributed by atoms with Gasteiger partial charge in [0.05, 0.1) is 38.1 Å². The van der Waals surface area contributed by atoms with Gasteiger partial charge in [0.25, 0.3) is 0 Å². The van der Waals surface area contributed by atoms with E-state index in [4.69, 9.17) is 19.9 Å². The first-order valence-corrected chi connectivity index (χ1v) is 5.77. The second kappa shape index (κ2) is 7.17. The molecule has 0 amide bonds. The van der Waals surface area contributed by atoms with Crippen LogP contribution in [0.5, 0.6) is 0 Å². The number of rotatable bonds is 7. The first-order valence-electron chi connectivity index (χ1n) is 5.77. The summed E-state index contributed by atoms with van der Waals surface area (Å²) in [5.41, 5.74) is 5.52. The Kier molecular flexibility index (Phi) is 6.17. The summed E-state index contributed by atoms with van der Waals surface area (Å²) >= 11 is 0. The van der Waals surface area contributed by atoms with Gasteiger partial charge in [0.15, 0.2) is 0 Å². The van der Waals surface area contributed by atoms with Crippen LogP contribution in [0.2, 0.25) is 0 Å². The van der Waals surface area contributed by atoms with Crippen LogP contribution in [0.15, 0.2) is 0 Å². The molecule has 1 aliphatic rings. The predicted molar refractivity (Wildman–Crippen MR) is 58.9 cm³/mol. The maximum absolute atomic E-state index is 5.65. The van der Waals surface area contributed by atoms with Crippen molar-refractivity contribution in [3.05, 3.63) is 0 Å². The zero-order valence-electron chi connectivity index (χ0n) is 9.78. The van der Waals surface area contributed by atoms with Crippen LogP contribution in [0.3, 0.4) is 0 Å². The molecule has 1 heterocycles. The molecule has 1 saturated heterocycles. The number of hydrogen-bond donors (Lipinski definition) is 1. The Morgan fingerprint density at radius 1 is 1.27 bits per heavy atom. The maximum atomic E-state index is 5.65. The minimum atomic E-state index is 0.234. The van der Waals surface area contributed by atoms with Crippen molar-refractivity contribution in [3.63, 3.8) is 0 Å². The molecule has 2 atom stereocenters. The average molecular weight is 217 g/mol. The molecule has 4 heteroatoms.